The Bertz CT molecular complexity index is 1740. The van der Waals surface area contributed by atoms with Gasteiger partial charge in [0.2, 0.25) is 11.8 Å². The van der Waals surface area contributed by atoms with Crippen LogP contribution in [0.2, 0.25) is 5.02 Å². The number of sulfonamides is 1. The average Bonchev–Trinajstić information content (AvgIpc) is 3.01. The second-order valence-electron chi connectivity index (χ2n) is 12.1. The van der Waals surface area contributed by atoms with Crippen LogP contribution in [0.25, 0.3) is 0 Å². The van der Waals surface area contributed by atoms with Crippen molar-refractivity contribution >= 4 is 39.1 Å². The number of benzene rings is 4. The zero-order valence-corrected chi connectivity index (χ0v) is 28.3. The summed E-state index contributed by atoms with van der Waals surface area (Å²) in [7, 11) is -2.89. The molecule has 4 rings (SSSR count). The van der Waals surface area contributed by atoms with Crippen LogP contribution in [0.1, 0.15) is 37.5 Å². The van der Waals surface area contributed by atoms with E-state index in [0.29, 0.717) is 0 Å². The van der Waals surface area contributed by atoms with Crippen LogP contribution in [-0.4, -0.2) is 50.4 Å². The number of nitrogens with zero attached hydrogens (tertiary/aromatic N) is 2. The van der Waals surface area contributed by atoms with E-state index in [1.165, 1.54) is 30.2 Å². The third-order valence-electron chi connectivity index (χ3n) is 7.26. The van der Waals surface area contributed by atoms with Crippen LogP contribution in [0.5, 0.6) is 5.75 Å². The highest BCUT2D eigenvalue weighted by molar-refractivity contribution is 7.92. The van der Waals surface area contributed by atoms with Crippen LogP contribution in [0, 0.1) is 6.92 Å². The first-order valence-corrected chi connectivity index (χ1v) is 16.7. The van der Waals surface area contributed by atoms with Crippen molar-refractivity contribution in [3.05, 3.63) is 125 Å². The van der Waals surface area contributed by atoms with E-state index in [-0.39, 0.29) is 40.2 Å². The van der Waals surface area contributed by atoms with E-state index >= 15 is 0 Å². The van der Waals surface area contributed by atoms with Gasteiger partial charge in [0.15, 0.2) is 0 Å². The van der Waals surface area contributed by atoms with Crippen molar-refractivity contribution in [2.75, 3.05) is 18.0 Å². The first-order valence-electron chi connectivity index (χ1n) is 14.9. The summed E-state index contributed by atoms with van der Waals surface area (Å²) in [5.41, 5.74) is 2.03. The maximum Gasteiger partial charge on any atom is 0.264 e. The van der Waals surface area contributed by atoms with Gasteiger partial charge in [-0.3, -0.25) is 13.9 Å². The lowest BCUT2D eigenvalue weighted by Crippen LogP contribution is -2.56. The number of anilines is 1. The summed E-state index contributed by atoms with van der Waals surface area (Å²) in [6.07, 6.45) is 0.215. The Kier molecular flexibility index (Phi) is 11.1. The topological polar surface area (TPSA) is 96.0 Å². The molecule has 0 bridgehead atoms. The molecule has 1 unspecified atom stereocenters. The highest BCUT2D eigenvalue weighted by Gasteiger charge is 2.36. The molecule has 0 radical (unpaired) electrons. The number of rotatable bonds is 12. The van der Waals surface area contributed by atoms with Gasteiger partial charge in [0.05, 0.1) is 17.7 Å². The van der Waals surface area contributed by atoms with Crippen LogP contribution in [0.3, 0.4) is 0 Å². The minimum absolute atomic E-state index is 0.00570. The Morgan fingerprint density at radius 2 is 1.46 bits per heavy atom. The highest BCUT2D eigenvalue weighted by atomic mass is 35.5. The summed E-state index contributed by atoms with van der Waals surface area (Å²) in [5, 5.41) is 3.29. The number of amides is 2. The number of carbonyl (C=O) groups excluding carboxylic acids is 2. The molecule has 1 atom stereocenters. The molecule has 4 aromatic rings. The van der Waals surface area contributed by atoms with Crippen LogP contribution < -0.4 is 14.4 Å². The summed E-state index contributed by atoms with van der Waals surface area (Å²) in [6, 6.07) is 28.7. The minimum atomic E-state index is -4.31. The van der Waals surface area contributed by atoms with Crippen molar-refractivity contribution in [1.29, 1.82) is 0 Å². The predicted molar refractivity (Wildman–Crippen MR) is 183 cm³/mol. The molecule has 2 amide bonds. The van der Waals surface area contributed by atoms with Crippen molar-refractivity contribution in [1.82, 2.24) is 10.2 Å². The molecule has 4 aromatic carbocycles. The largest absolute Gasteiger partial charge is 0.495 e. The molecule has 0 aliphatic carbocycles. The zero-order chi connectivity index (χ0) is 33.5. The number of halogens is 1. The molecule has 0 heterocycles. The summed E-state index contributed by atoms with van der Waals surface area (Å²) >= 11 is 6.36. The van der Waals surface area contributed by atoms with E-state index in [2.05, 4.69) is 5.32 Å². The van der Waals surface area contributed by atoms with Crippen molar-refractivity contribution < 1.29 is 22.7 Å². The van der Waals surface area contributed by atoms with Crippen molar-refractivity contribution in [2.24, 2.45) is 0 Å². The van der Waals surface area contributed by atoms with E-state index in [4.69, 9.17) is 16.3 Å². The Hall–Kier alpha value is -4.34. The maximum atomic E-state index is 14.6. The third-order valence-corrected chi connectivity index (χ3v) is 9.27. The predicted octanol–water partition coefficient (Wildman–Crippen LogP) is 6.41. The lowest BCUT2D eigenvalue weighted by atomic mass is 10.0. The van der Waals surface area contributed by atoms with Gasteiger partial charge < -0.3 is 15.0 Å². The van der Waals surface area contributed by atoms with E-state index in [1.54, 1.807) is 24.3 Å². The summed E-state index contributed by atoms with van der Waals surface area (Å²) < 4.78 is 35.1. The first kappa shape index (κ1) is 34.5. The van der Waals surface area contributed by atoms with Gasteiger partial charge >= 0.3 is 0 Å². The monoisotopic (exact) mass is 661 g/mol. The summed E-state index contributed by atoms with van der Waals surface area (Å²) in [6.45, 7) is 6.92. The number of methoxy groups -OCH3 is 1. The average molecular weight is 662 g/mol. The highest BCUT2D eigenvalue weighted by Crippen LogP contribution is 2.35. The number of carbonyl (C=O) groups is 2. The van der Waals surface area contributed by atoms with Crippen LogP contribution in [0.4, 0.5) is 5.69 Å². The first-order chi connectivity index (χ1) is 21.8. The van der Waals surface area contributed by atoms with E-state index in [0.717, 1.165) is 21.0 Å². The number of nitrogens with one attached hydrogen (secondary N) is 1. The van der Waals surface area contributed by atoms with Crippen molar-refractivity contribution in [2.45, 2.75) is 57.1 Å². The standard InChI is InChI=1S/C36H40ClN3O5S/c1-26-16-19-30(20-17-26)46(43,44)40(31-23-29(37)18-21-33(31)45-5)25-34(41)39(24-28-14-10-7-11-15-28)32(35(42)38-36(2,3)4)22-27-12-8-6-9-13-27/h6-21,23,32H,22,24-25H2,1-5H3,(H,38,42). The van der Waals surface area contributed by atoms with E-state index in [1.807, 2.05) is 88.4 Å². The molecule has 0 fully saturated rings. The quantitative estimate of drug-likeness (QED) is 0.189. The fraction of sp³-hybridized carbons (Fsp3) is 0.278. The fourth-order valence-corrected chi connectivity index (χ4v) is 6.58. The molecule has 1 N–H and O–H groups in total. The Morgan fingerprint density at radius 1 is 0.870 bits per heavy atom. The van der Waals surface area contributed by atoms with Gasteiger partial charge in [-0.15, -0.1) is 0 Å². The van der Waals surface area contributed by atoms with Gasteiger partial charge in [0.25, 0.3) is 10.0 Å². The second kappa shape index (κ2) is 14.8. The smallest absolute Gasteiger partial charge is 0.264 e. The Balaban J connectivity index is 1.85. The van der Waals surface area contributed by atoms with Crippen LogP contribution >= 0.6 is 11.6 Å². The molecular weight excluding hydrogens is 622 g/mol. The Morgan fingerprint density at radius 3 is 2.02 bits per heavy atom. The molecule has 10 heteroatoms. The van der Waals surface area contributed by atoms with Gasteiger partial charge in [0.1, 0.15) is 18.3 Å². The van der Waals surface area contributed by atoms with Gasteiger partial charge in [-0.2, -0.15) is 0 Å². The molecule has 0 saturated heterocycles. The van der Waals surface area contributed by atoms with Gasteiger partial charge in [-0.25, -0.2) is 8.42 Å². The minimum Gasteiger partial charge on any atom is -0.495 e. The molecule has 0 spiro atoms. The van der Waals surface area contributed by atoms with Crippen LogP contribution in [-0.2, 0) is 32.6 Å². The SMILES string of the molecule is COc1ccc(Cl)cc1N(CC(=O)N(Cc1ccccc1)C(Cc1ccccc1)C(=O)NC(C)(C)C)S(=O)(=O)c1ccc(C)cc1. The van der Waals surface area contributed by atoms with Gasteiger partial charge in [-0.05, 0) is 69.2 Å². The summed E-state index contributed by atoms with van der Waals surface area (Å²) in [5.74, 6) is -0.714. The number of ether oxygens (including phenoxy) is 1. The van der Waals surface area contributed by atoms with E-state index < -0.39 is 34.1 Å². The molecule has 8 nitrogen and oxygen atoms in total. The number of hydrogen-bond acceptors (Lipinski definition) is 5. The third kappa shape index (κ3) is 8.89. The normalized spacial score (nSPS) is 12.2. The fourth-order valence-electron chi connectivity index (χ4n) is 5.00. The van der Waals surface area contributed by atoms with Crippen molar-refractivity contribution in [3.63, 3.8) is 0 Å². The maximum absolute atomic E-state index is 14.6. The second-order valence-corrected chi connectivity index (χ2v) is 14.4. The molecule has 0 aliphatic heterocycles. The van der Waals surface area contributed by atoms with Gasteiger partial charge in [-0.1, -0.05) is 90.0 Å². The lowest BCUT2D eigenvalue weighted by Gasteiger charge is -2.35. The zero-order valence-electron chi connectivity index (χ0n) is 26.7. The van der Waals surface area contributed by atoms with Gasteiger partial charge in [0, 0.05) is 23.5 Å². The Labute approximate surface area is 277 Å². The molecule has 46 heavy (non-hydrogen) atoms. The van der Waals surface area contributed by atoms with Crippen molar-refractivity contribution in [3.8, 4) is 5.75 Å². The molecule has 0 aromatic heterocycles. The number of hydrogen-bond donors (Lipinski definition) is 1. The molecule has 0 aliphatic rings. The molecular formula is C36H40ClN3O5S. The summed E-state index contributed by atoms with van der Waals surface area (Å²) in [4.78, 5) is 30.0. The van der Waals surface area contributed by atoms with Crippen LogP contribution in [0.15, 0.2) is 108 Å². The molecule has 242 valence electrons. The lowest BCUT2D eigenvalue weighted by molar-refractivity contribution is -0.140. The molecule has 0 saturated carbocycles. The van der Waals surface area contributed by atoms with E-state index in [9.17, 15) is 18.0 Å². The number of aryl methyl sites for hydroxylation is 1.